The van der Waals surface area contributed by atoms with Gasteiger partial charge in [0.05, 0.1) is 12.7 Å². The van der Waals surface area contributed by atoms with E-state index >= 15 is 0 Å². The monoisotopic (exact) mass is 588 g/mol. The predicted octanol–water partition coefficient (Wildman–Crippen LogP) is 6.03. The van der Waals surface area contributed by atoms with Crippen molar-refractivity contribution in [2.45, 2.75) is 130 Å². The largest absolute Gasteiger partial charge is 0.481 e. The maximum absolute atomic E-state index is 11.6. The fourth-order valence-corrected chi connectivity index (χ4v) is 9.92. The second-order valence-corrected chi connectivity index (χ2v) is 15.1. The molecule has 0 aromatic heterocycles. The highest BCUT2D eigenvalue weighted by Gasteiger charge is 2.57. The summed E-state index contributed by atoms with van der Waals surface area (Å²) >= 11 is 0. The minimum Gasteiger partial charge on any atom is -0.481 e. The van der Waals surface area contributed by atoms with E-state index in [9.17, 15) is 25.2 Å². The van der Waals surface area contributed by atoms with Gasteiger partial charge in [-0.1, -0.05) is 63.6 Å². The molecule has 11 atom stereocenters. The van der Waals surface area contributed by atoms with Crippen LogP contribution in [0.1, 0.15) is 99.3 Å². The van der Waals surface area contributed by atoms with E-state index in [1.54, 1.807) is 0 Å². The Hall–Kier alpha value is -1.51. The quantitative estimate of drug-likeness (QED) is 0.230. The van der Waals surface area contributed by atoms with Crippen molar-refractivity contribution in [3.63, 3.8) is 0 Å². The zero-order valence-electron chi connectivity index (χ0n) is 26.8. The fourth-order valence-electron chi connectivity index (χ4n) is 9.92. The Balaban J connectivity index is 1.50. The number of hydrogen-bond acceptors (Lipinski definition) is 6. The number of aliphatic carboxylic acids is 1. The number of allylic oxidation sites excluding steroid dienone is 4. The highest BCUT2D eigenvalue weighted by atomic mass is 16.7. The molecule has 1 saturated heterocycles. The van der Waals surface area contributed by atoms with Crippen LogP contribution in [-0.4, -0.2) is 63.7 Å². The lowest BCUT2D eigenvalue weighted by Crippen LogP contribution is -2.56. The first-order chi connectivity index (χ1) is 19.5. The third kappa shape index (κ3) is 6.06. The van der Waals surface area contributed by atoms with Crippen molar-refractivity contribution in [2.75, 3.05) is 6.61 Å². The molecule has 0 aromatic rings. The van der Waals surface area contributed by atoms with E-state index in [2.05, 4.69) is 60.8 Å². The molecule has 1 heterocycles. The molecule has 0 radical (unpaired) electrons. The average Bonchev–Trinajstić information content (AvgIpc) is 3.14. The smallest absolute Gasteiger partial charge is 0.303 e. The molecule has 3 fully saturated rings. The Morgan fingerprint density at radius 1 is 1.10 bits per heavy atom. The first-order valence-corrected chi connectivity index (χ1v) is 16.1. The van der Waals surface area contributed by atoms with Gasteiger partial charge < -0.3 is 29.9 Å². The highest BCUT2D eigenvalue weighted by molar-refractivity contribution is 5.66. The van der Waals surface area contributed by atoms with Gasteiger partial charge in [-0.3, -0.25) is 4.79 Å². The van der Waals surface area contributed by atoms with Crippen molar-refractivity contribution in [1.82, 2.24) is 0 Å². The van der Waals surface area contributed by atoms with Crippen LogP contribution in [0.3, 0.4) is 0 Å². The fraction of sp³-hybridized carbons (Fsp3) is 0.800. The van der Waals surface area contributed by atoms with E-state index in [4.69, 9.17) is 9.47 Å². The predicted molar refractivity (Wildman–Crippen MR) is 163 cm³/mol. The molecule has 2 saturated carbocycles. The molecule has 1 aliphatic heterocycles. The number of aliphatic hydroxyl groups excluding tert-OH is 3. The van der Waals surface area contributed by atoms with Crippen LogP contribution in [-0.2, 0) is 14.3 Å². The van der Waals surface area contributed by atoms with Crippen molar-refractivity contribution in [3.8, 4) is 0 Å². The van der Waals surface area contributed by atoms with Crippen LogP contribution >= 0.6 is 0 Å². The number of hydrogen-bond donors (Lipinski definition) is 4. The summed E-state index contributed by atoms with van der Waals surface area (Å²) in [6, 6.07) is 0. The highest BCUT2D eigenvalue weighted by Crippen LogP contribution is 2.63. The second-order valence-electron chi connectivity index (χ2n) is 15.1. The van der Waals surface area contributed by atoms with Gasteiger partial charge in [0.25, 0.3) is 0 Å². The van der Waals surface area contributed by atoms with Crippen LogP contribution < -0.4 is 0 Å². The molecule has 4 rings (SSSR count). The van der Waals surface area contributed by atoms with Gasteiger partial charge in [0.2, 0.25) is 0 Å². The standard InChI is InChI=1S/C35H56O7/c1-20(2)23-11-9-21(3)24(34(23,7)18-16-29(36)37)12-13-25-22(4)10-14-27-33(5,6)28(15-17-35(25,27)8)41-19-26-30(38)31(39)32(40)42-26/h9,23-28,30-32,38-40H,1,4,10-19H2,2-3,5-8H3,(H,36,37). The number of carboxylic acid groups (broad SMARTS) is 1. The normalized spacial score (nSPS) is 43.5. The average molecular weight is 589 g/mol. The summed E-state index contributed by atoms with van der Waals surface area (Å²) in [7, 11) is 0. The third-order valence-electron chi connectivity index (χ3n) is 12.3. The van der Waals surface area contributed by atoms with Gasteiger partial charge in [-0.15, -0.1) is 0 Å². The molecule has 3 aliphatic carbocycles. The van der Waals surface area contributed by atoms with Gasteiger partial charge in [0, 0.05) is 6.42 Å². The molecule has 238 valence electrons. The Kier molecular flexibility index (Phi) is 9.91. The van der Waals surface area contributed by atoms with E-state index in [0.717, 1.165) is 50.5 Å². The summed E-state index contributed by atoms with van der Waals surface area (Å²) in [4.78, 5) is 11.6. The second kappa shape index (κ2) is 12.5. The van der Waals surface area contributed by atoms with Gasteiger partial charge >= 0.3 is 5.97 Å². The maximum atomic E-state index is 11.6. The van der Waals surface area contributed by atoms with Crippen molar-refractivity contribution >= 4 is 5.97 Å². The maximum Gasteiger partial charge on any atom is 0.303 e. The molecule has 11 unspecified atom stereocenters. The molecule has 0 amide bonds. The lowest BCUT2D eigenvalue weighted by atomic mass is 9.46. The summed E-state index contributed by atoms with van der Waals surface area (Å²) in [5.74, 6) is 0.652. The first kappa shape index (κ1) is 33.4. The Bertz CT molecular complexity index is 1060. The first-order valence-electron chi connectivity index (χ1n) is 16.1. The van der Waals surface area contributed by atoms with E-state index in [1.165, 1.54) is 11.1 Å². The SMILES string of the molecule is C=C(C)C1CC=C(C)C(CCC2C(=C)CCC3C(C)(C)C(OCC4OC(O)C(O)C4O)CCC23C)C1(C)CCC(=O)O. The summed E-state index contributed by atoms with van der Waals surface area (Å²) in [5, 5.41) is 39.5. The van der Waals surface area contributed by atoms with Gasteiger partial charge in [-0.2, -0.15) is 0 Å². The van der Waals surface area contributed by atoms with Gasteiger partial charge in [-0.25, -0.2) is 0 Å². The van der Waals surface area contributed by atoms with Gasteiger partial charge in [0.15, 0.2) is 6.29 Å². The molecule has 42 heavy (non-hydrogen) atoms. The van der Waals surface area contributed by atoms with E-state index in [-0.39, 0.29) is 41.3 Å². The Morgan fingerprint density at radius 2 is 1.76 bits per heavy atom. The molecule has 7 heteroatoms. The zero-order valence-corrected chi connectivity index (χ0v) is 26.8. The Labute approximate surface area is 253 Å². The number of carbonyl (C=O) groups is 1. The molecule has 4 N–H and O–H groups in total. The van der Waals surface area contributed by atoms with Crippen LogP contribution in [0.4, 0.5) is 0 Å². The van der Waals surface area contributed by atoms with Crippen LogP contribution in [0, 0.1) is 39.9 Å². The van der Waals surface area contributed by atoms with Crippen molar-refractivity contribution < 1.29 is 34.7 Å². The molecular weight excluding hydrogens is 532 g/mol. The summed E-state index contributed by atoms with van der Waals surface area (Å²) in [6.45, 7) is 22.7. The van der Waals surface area contributed by atoms with Gasteiger partial charge in [-0.05, 0) is 105 Å². The molecule has 0 aromatic carbocycles. The molecule has 0 spiro atoms. The molecule has 0 bridgehead atoms. The van der Waals surface area contributed by atoms with Crippen LogP contribution in [0.2, 0.25) is 0 Å². The zero-order chi connectivity index (χ0) is 31.2. The Morgan fingerprint density at radius 3 is 2.36 bits per heavy atom. The summed E-state index contributed by atoms with van der Waals surface area (Å²) < 4.78 is 11.7. The minimum absolute atomic E-state index is 0.0209. The number of rotatable bonds is 10. The van der Waals surface area contributed by atoms with Crippen molar-refractivity contribution in [3.05, 3.63) is 36.0 Å². The van der Waals surface area contributed by atoms with E-state index in [0.29, 0.717) is 24.2 Å². The topological polar surface area (TPSA) is 116 Å². The number of carboxylic acids is 1. The number of fused-ring (bicyclic) bond motifs is 1. The van der Waals surface area contributed by atoms with Crippen LogP contribution in [0.25, 0.3) is 0 Å². The van der Waals surface area contributed by atoms with Gasteiger partial charge in [0.1, 0.15) is 18.3 Å². The lowest BCUT2D eigenvalue weighted by molar-refractivity contribution is -0.177. The van der Waals surface area contributed by atoms with E-state index < -0.39 is 30.6 Å². The molecular formula is C35H56O7. The van der Waals surface area contributed by atoms with Crippen molar-refractivity contribution in [2.24, 2.45) is 39.9 Å². The lowest BCUT2D eigenvalue weighted by Gasteiger charge is -2.60. The van der Waals surface area contributed by atoms with Crippen LogP contribution in [0.15, 0.2) is 36.0 Å². The minimum atomic E-state index is -1.39. The molecule has 7 nitrogen and oxygen atoms in total. The summed E-state index contributed by atoms with van der Waals surface area (Å²) in [5.41, 5.74) is 3.69. The van der Waals surface area contributed by atoms with Crippen LogP contribution in [0.5, 0.6) is 0 Å². The molecule has 4 aliphatic rings. The number of ether oxygens (including phenoxy) is 2. The third-order valence-corrected chi connectivity index (χ3v) is 12.3. The van der Waals surface area contributed by atoms with Crippen molar-refractivity contribution in [1.29, 1.82) is 0 Å². The van der Waals surface area contributed by atoms with E-state index in [1.807, 2.05) is 0 Å². The number of aliphatic hydroxyl groups is 3. The summed E-state index contributed by atoms with van der Waals surface area (Å²) in [6.07, 6.45) is 5.49.